The molecule has 0 N–H and O–H groups in total. The molecule has 17 heavy (non-hydrogen) atoms. The highest BCUT2D eigenvalue weighted by molar-refractivity contribution is 5.38. The highest BCUT2D eigenvalue weighted by Gasteiger charge is 2.04. The van der Waals surface area contributed by atoms with Crippen LogP contribution in [0.25, 0.3) is 0 Å². The molecule has 0 spiro atoms. The summed E-state index contributed by atoms with van der Waals surface area (Å²) in [6.45, 7) is 4.30. The summed E-state index contributed by atoms with van der Waals surface area (Å²) < 4.78 is 19.0. The Balaban J connectivity index is 2.13. The van der Waals surface area contributed by atoms with Gasteiger partial charge in [-0.15, -0.1) is 0 Å². The van der Waals surface area contributed by atoms with Crippen molar-refractivity contribution < 1.29 is 9.13 Å². The summed E-state index contributed by atoms with van der Waals surface area (Å²) in [5, 5.41) is 0. The van der Waals surface area contributed by atoms with Crippen LogP contribution in [0.3, 0.4) is 0 Å². The predicted octanol–water partition coefficient (Wildman–Crippen LogP) is 4.02. The predicted molar refractivity (Wildman–Crippen MR) is 66.6 cm³/mol. The molecule has 0 saturated heterocycles. The molecule has 0 unspecified atom stereocenters. The number of hydrogen-bond donors (Lipinski definition) is 0. The van der Waals surface area contributed by atoms with Crippen molar-refractivity contribution in [2.75, 3.05) is 0 Å². The van der Waals surface area contributed by atoms with Gasteiger partial charge >= 0.3 is 0 Å². The number of benzene rings is 2. The molecular formula is C15H15FO. The van der Waals surface area contributed by atoms with E-state index in [4.69, 9.17) is 4.74 Å². The zero-order chi connectivity index (χ0) is 12.3. The first kappa shape index (κ1) is 11.6. The summed E-state index contributed by atoms with van der Waals surface area (Å²) >= 11 is 0. The fraction of sp³-hybridized carbons (Fsp3) is 0.200. The van der Waals surface area contributed by atoms with Gasteiger partial charge in [0, 0.05) is 5.56 Å². The van der Waals surface area contributed by atoms with Gasteiger partial charge in [0.25, 0.3) is 0 Å². The largest absolute Gasteiger partial charge is 0.489 e. The van der Waals surface area contributed by atoms with Crippen LogP contribution < -0.4 is 4.74 Å². The highest BCUT2D eigenvalue weighted by Crippen LogP contribution is 2.22. The van der Waals surface area contributed by atoms with Crippen molar-refractivity contribution in [3.05, 3.63) is 65.0 Å². The first-order valence-electron chi connectivity index (χ1n) is 5.61. The lowest BCUT2D eigenvalue weighted by molar-refractivity contribution is 0.297. The van der Waals surface area contributed by atoms with Gasteiger partial charge in [0.05, 0.1) is 0 Å². The van der Waals surface area contributed by atoms with E-state index in [2.05, 4.69) is 0 Å². The third-order valence-corrected chi connectivity index (χ3v) is 2.90. The average molecular weight is 230 g/mol. The molecule has 2 aromatic rings. The second-order valence-electron chi connectivity index (χ2n) is 4.08. The van der Waals surface area contributed by atoms with Crippen LogP contribution in [-0.4, -0.2) is 0 Å². The van der Waals surface area contributed by atoms with E-state index < -0.39 is 0 Å². The third kappa shape index (κ3) is 2.64. The topological polar surface area (TPSA) is 9.23 Å². The van der Waals surface area contributed by atoms with Gasteiger partial charge < -0.3 is 4.74 Å². The Hall–Kier alpha value is -1.83. The Labute approximate surface area is 101 Å². The van der Waals surface area contributed by atoms with Gasteiger partial charge in [-0.25, -0.2) is 4.39 Å². The lowest BCUT2D eigenvalue weighted by Gasteiger charge is -2.11. The number of halogens is 1. The molecule has 0 amide bonds. The Bertz CT molecular complexity index is 520. The molecule has 0 saturated carbocycles. The minimum absolute atomic E-state index is 0.224. The summed E-state index contributed by atoms with van der Waals surface area (Å²) in [7, 11) is 0. The Morgan fingerprint density at radius 2 is 1.76 bits per heavy atom. The molecule has 0 atom stereocenters. The molecule has 0 aliphatic rings. The molecule has 2 aromatic carbocycles. The number of aryl methyl sites for hydroxylation is 1. The van der Waals surface area contributed by atoms with Crippen LogP contribution >= 0.6 is 0 Å². The van der Waals surface area contributed by atoms with E-state index in [-0.39, 0.29) is 12.4 Å². The van der Waals surface area contributed by atoms with E-state index >= 15 is 0 Å². The van der Waals surface area contributed by atoms with Gasteiger partial charge in [-0.1, -0.05) is 30.3 Å². The molecule has 0 bridgehead atoms. The number of rotatable bonds is 3. The van der Waals surface area contributed by atoms with Gasteiger partial charge in [-0.2, -0.15) is 0 Å². The van der Waals surface area contributed by atoms with Crippen LogP contribution in [0.15, 0.2) is 42.5 Å². The summed E-state index contributed by atoms with van der Waals surface area (Å²) in [6.07, 6.45) is 0. The molecule has 0 aromatic heterocycles. The monoisotopic (exact) mass is 230 g/mol. The maximum Gasteiger partial charge on any atom is 0.129 e. The first-order valence-corrected chi connectivity index (χ1v) is 5.61. The number of hydrogen-bond acceptors (Lipinski definition) is 1. The van der Waals surface area contributed by atoms with Crippen molar-refractivity contribution in [1.29, 1.82) is 0 Å². The summed E-state index contributed by atoms with van der Waals surface area (Å²) in [5.74, 6) is 0.589. The standard InChI is InChI=1S/C15H15FO/c1-11-6-5-9-15(12(11)2)17-10-13-7-3-4-8-14(13)16/h3-9H,10H2,1-2H3. The average Bonchev–Trinajstić information content (AvgIpc) is 2.33. The SMILES string of the molecule is Cc1cccc(OCc2ccccc2F)c1C. The van der Waals surface area contributed by atoms with E-state index in [1.54, 1.807) is 12.1 Å². The van der Waals surface area contributed by atoms with Crippen molar-refractivity contribution in [1.82, 2.24) is 0 Å². The van der Waals surface area contributed by atoms with E-state index in [1.165, 1.54) is 11.6 Å². The van der Waals surface area contributed by atoms with E-state index in [0.29, 0.717) is 5.56 Å². The third-order valence-electron chi connectivity index (χ3n) is 2.90. The van der Waals surface area contributed by atoms with Crippen LogP contribution in [0.5, 0.6) is 5.75 Å². The minimum atomic E-state index is -0.224. The van der Waals surface area contributed by atoms with Crippen molar-refractivity contribution in [2.24, 2.45) is 0 Å². The molecule has 0 fully saturated rings. The minimum Gasteiger partial charge on any atom is -0.489 e. The molecule has 0 aliphatic carbocycles. The maximum absolute atomic E-state index is 13.4. The molecule has 2 heteroatoms. The first-order chi connectivity index (χ1) is 8.18. The summed E-state index contributed by atoms with van der Waals surface area (Å²) in [6, 6.07) is 12.6. The molecular weight excluding hydrogens is 215 g/mol. The molecule has 0 heterocycles. The van der Waals surface area contributed by atoms with Crippen LogP contribution in [0, 0.1) is 19.7 Å². The summed E-state index contributed by atoms with van der Waals surface area (Å²) in [4.78, 5) is 0. The Kier molecular flexibility index (Phi) is 3.43. The molecule has 88 valence electrons. The van der Waals surface area contributed by atoms with Gasteiger partial charge in [0.2, 0.25) is 0 Å². The van der Waals surface area contributed by atoms with Crippen molar-refractivity contribution >= 4 is 0 Å². The Morgan fingerprint density at radius 1 is 1.00 bits per heavy atom. The molecule has 0 radical (unpaired) electrons. The zero-order valence-electron chi connectivity index (χ0n) is 10.0. The highest BCUT2D eigenvalue weighted by atomic mass is 19.1. The van der Waals surface area contributed by atoms with Crippen LogP contribution in [0.1, 0.15) is 16.7 Å². The van der Waals surface area contributed by atoms with Crippen molar-refractivity contribution in [2.45, 2.75) is 20.5 Å². The quantitative estimate of drug-likeness (QED) is 0.773. The van der Waals surface area contributed by atoms with Crippen molar-refractivity contribution in [3.8, 4) is 5.75 Å². The maximum atomic E-state index is 13.4. The summed E-state index contributed by atoms with van der Waals surface area (Å²) in [5.41, 5.74) is 2.85. The van der Waals surface area contributed by atoms with Gasteiger partial charge in [0.15, 0.2) is 0 Å². The smallest absolute Gasteiger partial charge is 0.129 e. The number of ether oxygens (including phenoxy) is 1. The fourth-order valence-corrected chi connectivity index (χ4v) is 1.65. The lowest BCUT2D eigenvalue weighted by Crippen LogP contribution is -2.00. The second kappa shape index (κ2) is 5.00. The Morgan fingerprint density at radius 3 is 2.53 bits per heavy atom. The van der Waals surface area contributed by atoms with Gasteiger partial charge in [-0.05, 0) is 37.1 Å². The van der Waals surface area contributed by atoms with Gasteiger partial charge in [0.1, 0.15) is 18.2 Å². The molecule has 0 aliphatic heterocycles. The van der Waals surface area contributed by atoms with Crippen LogP contribution in [0.2, 0.25) is 0 Å². The zero-order valence-corrected chi connectivity index (χ0v) is 10.0. The lowest BCUT2D eigenvalue weighted by atomic mass is 10.1. The van der Waals surface area contributed by atoms with E-state index in [0.717, 1.165) is 11.3 Å². The van der Waals surface area contributed by atoms with Crippen molar-refractivity contribution in [3.63, 3.8) is 0 Å². The second-order valence-corrected chi connectivity index (χ2v) is 4.08. The van der Waals surface area contributed by atoms with E-state index in [9.17, 15) is 4.39 Å². The normalized spacial score (nSPS) is 10.3. The van der Waals surface area contributed by atoms with E-state index in [1.807, 2.05) is 38.1 Å². The van der Waals surface area contributed by atoms with Crippen LogP contribution in [0.4, 0.5) is 4.39 Å². The van der Waals surface area contributed by atoms with Crippen LogP contribution in [-0.2, 0) is 6.61 Å². The molecule has 1 nitrogen and oxygen atoms in total. The fourth-order valence-electron chi connectivity index (χ4n) is 1.65. The molecule has 2 rings (SSSR count). The van der Waals surface area contributed by atoms with Gasteiger partial charge in [-0.3, -0.25) is 0 Å².